The van der Waals surface area contributed by atoms with Crippen molar-refractivity contribution < 1.29 is 27.5 Å². The summed E-state index contributed by atoms with van der Waals surface area (Å²) >= 11 is 12.7. The number of nitrogens with zero attached hydrogens (tertiary/aromatic N) is 2. The first kappa shape index (κ1) is 33.9. The molecule has 1 saturated carbocycles. The Morgan fingerprint density at radius 3 is 2.41 bits per heavy atom. The number of hydrogen-bond acceptors (Lipinski definition) is 6. The highest BCUT2D eigenvalue weighted by Gasteiger charge is 2.32. The summed E-state index contributed by atoms with van der Waals surface area (Å²) in [5.41, 5.74) is 1.98. The fourth-order valence-electron chi connectivity index (χ4n) is 5.98. The molecule has 1 aliphatic heterocycles. The molecule has 9 nitrogen and oxygen atoms in total. The van der Waals surface area contributed by atoms with Crippen molar-refractivity contribution in [1.82, 2.24) is 10.2 Å². The lowest BCUT2D eigenvalue weighted by atomic mass is 9.94. The molecule has 2 aliphatic rings. The van der Waals surface area contributed by atoms with Gasteiger partial charge in [-0.3, -0.25) is 13.9 Å². The molecule has 1 fully saturated rings. The Labute approximate surface area is 280 Å². The SMILES string of the molecule is CS(=O)(=O)N(CCCC(=O)N(Cc1ccc(Cl)cc1Cl)[C@H](Cc1ccccc1)C(=O)NC1CCCCC1)c1ccc2c(c1)OCO2. The summed E-state index contributed by atoms with van der Waals surface area (Å²) in [7, 11) is -3.68. The number of carbonyl (C=O) groups excluding carboxylic acids is 2. The van der Waals surface area contributed by atoms with Crippen LogP contribution in [0.2, 0.25) is 10.0 Å². The van der Waals surface area contributed by atoms with E-state index in [4.69, 9.17) is 32.7 Å². The second-order valence-electron chi connectivity index (χ2n) is 11.8. The minimum absolute atomic E-state index is 0.00375. The zero-order valence-corrected chi connectivity index (χ0v) is 28.1. The number of fused-ring (bicyclic) bond motifs is 1. The lowest BCUT2D eigenvalue weighted by Crippen LogP contribution is -2.53. The number of anilines is 1. The first-order chi connectivity index (χ1) is 22.1. The molecule has 1 aliphatic carbocycles. The first-order valence-electron chi connectivity index (χ1n) is 15.5. The molecule has 3 aromatic carbocycles. The molecular formula is C34H39Cl2N3O6S. The molecule has 5 rings (SSSR count). The van der Waals surface area contributed by atoms with Crippen molar-refractivity contribution in [1.29, 1.82) is 0 Å². The summed E-state index contributed by atoms with van der Waals surface area (Å²) in [6, 6.07) is 18.8. The average Bonchev–Trinajstić information content (AvgIpc) is 3.50. The van der Waals surface area contributed by atoms with Gasteiger partial charge in [0.15, 0.2) is 11.5 Å². The highest BCUT2D eigenvalue weighted by molar-refractivity contribution is 7.92. The minimum atomic E-state index is -3.68. The molecule has 2 amide bonds. The topological polar surface area (TPSA) is 105 Å². The fourth-order valence-corrected chi connectivity index (χ4v) is 7.40. The second-order valence-corrected chi connectivity index (χ2v) is 14.5. The van der Waals surface area contributed by atoms with Crippen molar-refractivity contribution in [2.75, 3.05) is 23.9 Å². The quantitative estimate of drug-likeness (QED) is 0.224. The van der Waals surface area contributed by atoms with Gasteiger partial charge >= 0.3 is 0 Å². The number of nitrogens with one attached hydrogen (secondary N) is 1. The van der Waals surface area contributed by atoms with Gasteiger partial charge < -0.3 is 19.7 Å². The summed E-state index contributed by atoms with van der Waals surface area (Å²) in [4.78, 5) is 29.7. The summed E-state index contributed by atoms with van der Waals surface area (Å²) in [6.45, 7) is 0.206. The van der Waals surface area contributed by atoms with Crippen LogP contribution in [0, 0.1) is 0 Å². The van der Waals surface area contributed by atoms with Crippen molar-refractivity contribution in [3.63, 3.8) is 0 Å². The Morgan fingerprint density at radius 1 is 0.957 bits per heavy atom. The second kappa shape index (κ2) is 15.4. The van der Waals surface area contributed by atoms with Crippen LogP contribution in [0.5, 0.6) is 11.5 Å². The van der Waals surface area contributed by atoms with E-state index in [0.717, 1.165) is 43.9 Å². The third-order valence-electron chi connectivity index (χ3n) is 8.37. The van der Waals surface area contributed by atoms with Crippen LogP contribution < -0.4 is 19.1 Å². The molecule has 0 radical (unpaired) electrons. The van der Waals surface area contributed by atoms with Crippen molar-refractivity contribution in [2.24, 2.45) is 0 Å². The van der Waals surface area contributed by atoms with E-state index in [-0.39, 0.29) is 50.6 Å². The van der Waals surface area contributed by atoms with Gasteiger partial charge in [0.25, 0.3) is 0 Å². The number of amides is 2. The Balaban J connectivity index is 1.40. The number of ether oxygens (including phenoxy) is 2. The van der Waals surface area contributed by atoms with E-state index in [1.807, 2.05) is 30.3 Å². The van der Waals surface area contributed by atoms with Crippen LogP contribution in [0.1, 0.15) is 56.1 Å². The van der Waals surface area contributed by atoms with E-state index < -0.39 is 16.1 Å². The van der Waals surface area contributed by atoms with Crippen LogP contribution in [0.25, 0.3) is 0 Å². The Hall–Kier alpha value is -3.47. The summed E-state index contributed by atoms with van der Waals surface area (Å²) < 4.78 is 37.7. The molecule has 12 heteroatoms. The van der Waals surface area contributed by atoms with Crippen molar-refractivity contribution in [2.45, 2.75) is 70.0 Å². The average molecular weight is 689 g/mol. The maximum atomic E-state index is 14.1. The van der Waals surface area contributed by atoms with Gasteiger partial charge in [0.2, 0.25) is 28.6 Å². The fraction of sp³-hybridized carbons (Fsp3) is 0.412. The van der Waals surface area contributed by atoms with Gasteiger partial charge in [-0.25, -0.2) is 8.42 Å². The Morgan fingerprint density at radius 2 is 1.70 bits per heavy atom. The van der Waals surface area contributed by atoms with Gasteiger partial charge in [-0.05, 0) is 54.7 Å². The molecule has 1 N–H and O–H groups in total. The largest absolute Gasteiger partial charge is 0.454 e. The van der Waals surface area contributed by atoms with Crippen molar-refractivity contribution >= 4 is 50.7 Å². The minimum Gasteiger partial charge on any atom is -0.454 e. The predicted octanol–water partition coefficient (Wildman–Crippen LogP) is 6.36. The van der Waals surface area contributed by atoms with Crippen LogP contribution in [-0.4, -0.2) is 56.8 Å². The molecule has 246 valence electrons. The molecule has 3 aromatic rings. The maximum absolute atomic E-state index is 14.1. The number of sulfonamides is 1. The summed E-state index contributed by atoms with van der Waals surface area (Å²) in [5, 5.41) is 4.08. The number of benzene rings is 3. The molecule has 1 heterocycles. The predicted molar refractivity (Wildman–Crippen MR) is 180 cm³/mol. The molecule has 0 spiro atoms. The van der Waals surface area contributed by atoms with E-state index in [1.54, 1.807) is 41.3 Å². The number of carbonyl (C=O) groups is 2. The van der Waals surface area contributed by atoms with E-state index in [1.165, 1.54) is 4.31 Å². The molecule has 1 atom stereocenters. The maximum Gasteiger partial charge on any atom is 0.243 e. The molecule has 0 unspecified atom stereocenters. The third kappa shape index (κ3) is 8.86. The first-order valence-corrected chi connectivity index (χ1v) is 18.1. The lowest BCUT2D eigenvalue weighted by molar-refractivity contribution is -0.141. The third-order valence-corrected chi connectivity index (χ3v) is 10.2. The number of rotatable bonds is 13. The van der Waals surface area contributed by atoms with E-state index >= 15 is 0 Å². The van der Waals surface area contributed by atoms with Crippen LogP contribution in [-0.2, 0) is 32.6 Å². The molecule has 46 heavy (non-hydrogen) atoms. The van der Waals surface area contributed by atoms with Gasteiger partial charge in [-0.15, -0.1) is 0 Å². The van der Waals surface area contributed by atoms with Gasteiger partial charge in [0, 0.05) is 48.1 Å². The molecular weight excluding hydrogens is 649 g/mol. The zero-order chi connectivity index (χ0) is 32.7. The molecule has 0 aromatic heterocycles. The van der Waals surface area contributed by atoms with Crippen molar-refractivity contribution in [3.8, 4) is 11.5 Å². The smallest absolute Gasteiger partial charge is 0.243 e. The standard InChI is InChI=1S/C34H39Cl2N3O6S/c1-46(42,43)39(28-16-17-31-32(21-28)45-23-44-31)18-8-13-33(40)38(22-25-14-15-26(35)20-29(25)36)30(19-24-9-4-2-5-10-24)34(41)37-27-11-6-3-7-12-27/h2,4-5,9-10,14-17,20-21,27,30H,3,6-8,11-13,18-19,22-23H2,1H3,(H,37,41)/t30-/m1/s1. The zero-order valence-electron chi connectivity index (χ0n) is 25.8. The Bertz CT molecular complexity index is 1630. The highest BCUT2D eigenvalue weighted by Crippen LogP contribution is 2.36. The van der Waals surface area contributed by atoms with Gasteiger partial charge in [-0.2, -0.15) is 0 Å². The van der Waals surface area contributed by atoms with E-state index in [0.29, 0.717) is 39.2 Å². The van der Waals surface area contributed by atoms with Crippen LogP contribution in [0.3, 0.4) is 0 Å². The van der Waals surface area contributed by atoms with Gasteiger partial charge in [0.1, 0.15) is 6.04 Å². The summed E-state index contributed by atoms with van der Waals surface area (Å²) in [5.74, 6) is 0.498. The summed E-state index contributed by atoms with van der Waals surface area (Å²) in [6.07, 6.45) is 6.72. The van der Waals surface area contributed by atoms with Gasteiger partial charge in [0.05, 0.1) is 11.9 Å². The number of hydrogen-bond donors (Lipinski definition) is 1. The van der Waals surface area contributed by atoms with Gasteiger partial charge in [-0.1, -0.05) is 78.9 Å². The van der Waals surface area contributed by atoms with E-state index in [9.17, 15) is 18.0 Å². The van der Waals surface area contributed by atoms with Crippen LogP contribution in [0.15, 0.2) is 66.7 Å². The van der Waals surface area contributed by atoms with Crippen molar-refractivity contribution in [3.05, 3.63) is 87.9 Å². The lowest BCUT2D eigenvalue weighted by Gasteiger charge is -2.34. The van der Waals surface area contributed by atoms with Crippen LogP contribution in [0.4, 0.5) is 5.69 Å². The molecule has 0 bridgehead atoms. The molecule has 0 saturated heterocycles. The normalized spacial score (nSPS) is 15.3. The van der Waals surface area contributed by atoms with Crippen LogP contribution >= 0.6 is 23.2 Å². The van der Waals surface area contributed by atoms with E-state index in [2.05, 4.69) is 5.32 Å². The highest BCUT2D eigenvalue weighted by atomic mass is 35.5. The Kier molecular flexibility index (Phi) is 11.4. The number of halogens is 2. The monoisotopic (exact) mass is 687 g/mol.